The minimum absolute atomic E-state index is 0.0284. The molecule has 5 nitrogen and oxygen atoms in total. The Bertz CT molecular complexity index is 1130. The molecule has 0 saturated carbocycles. The second-order valence-corrected chi connectivity index (χ2v) is 9.02. The molecule has 3 N–H and O–H groups in total. The van der Waals surface area contributed by atoms with Gasteiger partial charge < -0.3 is 15.8 Å². The van der Waals surface area contributed by atoms with Gasteiger partial charge in [-0.15, -0.1) is 22.7 Å². The van der Waals surface area contributed by atoms with Crippen molar-refractivity contribution in [2.24, 2.45) is 5.73 Å². The molecule has 2 aromatic heterocycles. The zero-order valence-electron chi connectivity index (χ0n) is 14.9. The molecule has 10 heteroatoms. The first-order chi connectivity index (χ1) is 13.9. The number of hydrogen-bond donors (Lipinski definition) is 2. The van der Waals surface area contributed by atoms with E-state index in [2.05, 4.69) is 10.1 Å². The topological polar surface area (TPSA) is 81.4 Å². The summed E-state index contributed by atoms with van der Waals surface area (Å²) in [6.45, 7) is -3.01. The fourth-order valence-electron chi connectivity index (χ4n) is 3.50. The predicted octanol–water partition coefficient (Wildman–Crippen LogP) is 5.45. The fourth-order valence-corrected chi connectivity index (χ4v) is 6.24. The van der Waals surface area contributed by atoms with Gasteiger partial charge >= 0.3 is 6.61 Å². The number of halogens is 3. The number of ether oxygens (including phenoxy) is 1. The van der Waals surface area contributed by atoms with Gasteiger partial charge in [-0.2, -0.15) is 8.78 Å². The highest BCUT2D eigenvalue weighted by molar-refractivity contribution is 7.22. The maximum absolute atomic E-state index is 12.9. The summed E-state index contributed by atoms with van der Waals surface area (Å²) in [6.07, 6.45) is 3.58. The van der Waals surface area contributed by atoms with E-state index >= 15 is 0 Å². The Kier molecular flexibility index (Phi) is 5.46. The van der Waals surface area contributed by atoms with Crippen molar-refractivity contribution < 1.29 is 23.1 Å². The highest BCUT2D eigenvalue weighted by atomic mass is 35.5. The number of thiophene rings is 2. The summed E-state index contributed by atoms with van der Waals surface area (Å²) < 4.78 is 30.4. The van der Waals surface area contributed by atoms with Crippen LogP contribution in [0.3, 0.4) is 0 Å². The van der Waals surface area contributed by atoms with E-state index in [1.807, 2.05) is 0 Å². The van der Waals surface area contributed by atoms with Gasteiger partial charge in [0.2, 0.25) is 0 Å². The minimum atomic E-state index is -3.01. The van der Waals surface area contributed by atoms with E-state index in [9.17, 15) is 18.4 Å². The Morgan fingerprint density at radius 1 is 1.21 bits per heavy atom. The van der Waals surface area contributed by atoms with Gasteiger partial charge in [0.1, 0.15) is 15.6 Å². The number of carbonyl (C=O) groups excluding carboxylic acids is 2. The van der Waals surface area contributed by atoms with Crippen molar-refractivity contribution >= 4 is 61.2 Å². The first kappa shape index (κ1) is 20.1. The molecule has 152 valence electrons. The van der Waals surface area contributed by atoms with Crippen LogP contribution >= 0.6 is 34.3 Å². The number of rotatable bonds is 5. The highest BCUT2D eigenvalue weighted by Gasteiger charge is 2.27. The zero-order valence-corrected chi connectivity index (χ0v) is 17.3. The molecule has 29 heavy (non-hydrogen) atoms. The summed E-state index contributed by atoms with van der Waals surface area (Å²) in [5.41, 5.74) is 6.81. The molecule has 2 amide bonds. The molecule has 0 aliphatic heterocycles. The van der Waals surface area contributed by atoms with Gasteiger partial charge in [-0.05, 0) is 43.4 Å². The van der Waals surface area contributed by atoms with E-state index in [4.69, 9.17) is 17.3 Å². The SMILES string of the molecule is NC(=O)c1c(NC(=O)c2sc3cccc(OC(F)F)c3c2Cl)sc2c1CCCC2. The van der Waals surface area contributed by atoms with Gasteiger partial charge in [-0.25, -0.2) is 0 Å². The second kappa shape index (κ2) is 7.89. The molecule has 0 atom stereocenters. The van der Waals surface area contributed by atoms with E-state index in [1.54, 1.807) is 12.1 Å². The minimum Gasteiger partial charge on any atom is -0.434 e. The van der Waals surface area contributed by atoms with Crippen LogP contribution in [-0.2, 0) is 12.8 Å². The van der Waals surface area contributed by atoms with Crippen LogP contribution < -0.4 is 15.8 Å². The third kappa shape index (κ3) is 3.70. The number of aryl methyl sites for hydroxylation is 1. The summed E-state index contributed by atoms with van der Waals surface area (Å²) in [5, 5.41) is 3.42. The second-order valence-electron chi connectivity index (χ2n) is 6.49. The van der Waals surface area contributed by atoms with Crippen molar-refractivity contribution in [2.45, 2.75) is 32.3 Å². The number of anilines is 1. The summed E-state index contributed by atoms with van der Waals surface area (Å²) in [7, 11) is 0. The Hall–Kier alpha value is -2.23. The van der Waals surface area contributed by atoms with Crippen molar-refractivity contribution in [3.05, 3.63) is 44.1 Å². The van der Waals surface area contributed by atoms with Crippen LogP contribution in [0.15, 0.2) is 18.2 Å². The van der Waals surface area contributed by atoms with Crippen molar-refractivity contribution in [3.8, 4) is 5.75 Å². The van der Waals surface area contributed by atoms with Crippen molar-refractivity contribution in [1.82, 2.24) is 0 Å². The predicted molar refractivity (Wildman–Crippen MR) is 111 cm³/mol. The van der Waals surface area contributed by atoms with E-state index in [0.29, 0.717) is 15.3 Å². The molecule has 1 aliphatic carbocycles. The molecule has 0 radical (unpaired) electrons. The average Bonchev–Trinajstić information content (AvgIpc) is 3.19. The zero-order chi connectivity index (χ0) is 20.7. The van der Waals surface area contributed by atoms with Crippen LogP contribution in [0.25, 0.3) is 10.1 Å². The van der Waals surface area contributed by atoms with Gasteiger partial charge in [-0.1, -0.05) is 17.7 Å². The maximum atomic E-state index is 12.9. The molecule has 0 unspecified atom stereocenters. The standard InChI is InChI=1S/C19H15ClF2N2O3S2/c20-14-13-9(27-19(21)22)5-3-7-11(13)28-15(14)17(26)24-18-12(16(23)25)8-4-1-2-6-10(8)29-18/h3,5,7,19H,1-2,4,6H2,(H2,23,25)(H,24,26). The maximum Gasteiger partial charge on any atom is 0.387 e. The van der Waals surface area contributed by atoms with Gasteiger partial charge in [0.05, 0.1) is 16.0 Å². The first-order valence-corrected chi connectivity index (χ1v) is 10.8. The van der Waals surface area contributed by atoms with Crippen LogP contribution in [0.5, 0.6) is 5.75 Å². The number of carbonyl (C=O) groups is 2. The Morgan fingerprint density at radius 3 is 2.69 bits per heavy atom. The summed E-state index contributed by atoms with van der Waals surface area (Å²) in [5.74, 6) is -1.21. The summed E-state index contributed by atoms with van der Waals surface area (Å²) in [4.78, 5) is 26.1. The van der Waals surface area contributed by atoms with Crippen LogP contribution in [0.2, 0.25) is 5.02 Å². The normalized spacial score (nSPS) is 13.5. The van der Waals surface area contributed by atoms with Gasteiger partial charge in [0.15, 0.2) is 0 Å². The molecule has 1 aromatic carbocycles. The smallest absolute Gasteiger partial charge is 0.387 e. The lowest BCUT2D eigenvalue weighted by Crippen LogP contribution is -2.18. The lowest BCUT2D eigenvalue weighted by Gasteiger charge is -2.11. The monoisotopic (exact) mass is 456 g/mol. The molecule has 0 saturated heterocycles. The number of primary amides is 1. The van der Waals surface area contributed by atoms with Crippen molar-refractivity contribution in [2.75, 3.05) is 5.32 Å². The highest BCUT2D eigenvalue weighted by Crippen LogP contribution is 2.43. The van der Waals surface area contributed by atoms with E-state index in [1.165, 1.54) is 17.4 Å². The lowest BCUT2D eigenvalue weighted by atomic mass is 9.95. The number of nitrogens with two attached hydrogens (primary N) is 1. The molecule has 3 aromatic rings. The lowest BCUT2D eigenvalue weighted by molar-refractivity contribution is -0.0487. The van der Waals surface area contributed by atoms with Crippen LogP contribution in [0.4, 0.5) is 13.8 Å². The third-order valence-corrected chi connectivity index (χ3v) is 7.54. The Balaban J connectivity index is 1.71. The summed E-state index contributed by atoms with van der Waals surface area (Å²) >= 11 is 8.75. The first-order valence-electron chi connectivity index (χ1n) is 8.78. The fraction of sp³-hybridized carbons (Fsp3) is 0.263. The number of nitrogens with one attached hydrogen (secondary N) is 1. The average molecular weight is 457 g/mol. The number of benzene rings is 1. The molecule has 0 bridgehead atoms. The summed E-state index contributed by atoms with van der Waals surface area (Å²) in [6, 6.07) is 4.58. The van der Waals surface area contributed by atoms with Crippen molar-refractivity contribution in [3.63, 3.8) is 0 Å². The van der Waals surface area contributed by atoms with Crippen LogP contribution in [0.1, 0.15) is 43.3 Å². The molecule has 2 heterocycles. The number of fused-ring (bicyclic) bond motifs is 2. The van der Waals surface area contributed by atoms with Crippen molar-refractivity contribution in [1.29, 1.82) is 0 Å². The molecule has 4 rings (SSSR count). The molecule has 1 aliphatic rings. The third-order valence-electron chi connectivity index (χ3n) is 4.69. The number of hydrogen-bond acceptors (Lipinski definition) is 5. The van der Waals surface area contributed by atoms with Gasteiger partial charge in [0.25, 0.3) is 11.8 Å². The Morgan fingerprint density at radius 2 is 1.97 bits per heavy atom. The molecule has 0 spiro atoms. The van der Waals surface area contributed by atoms with Crippen LogP contribution in [-0.4, -0.2) is 18.4 Å². The van der Waals surface area contributed by atoms with E-state index < -0.39 is 18.4 Å². The molecular weight excluding hydrogens is 442 g/mol. The number of amides is 2. The van der Waals surface area contributed by atoms with Crippen LogP contribution in [0, 0.1) is 0 Å². The molecular formula is C19H15ClF2N2O3S2. The number of alkyl halides is 2. The Labute approximate surface area is 177 Å². The van der Waals surface area contributed by atoms with E-state index in [-0.39, 0.29) is 21.0 Å². The molecule has 0 fully saturated rings. The van der Waals surface area contributed by atoms with Gasteiger partial charge in [0, 0.05) is 9.58 Å². The van der Waals surface area contributed by atoms with Gasteiger partial charge in [-0.3, -0.25) is 9.59 Å². The van der Waals surface area contributed by atoms with E-state index in [0.717, 1.165) is 47.5 Å². The quantitative estimate of drug-likeness (QED) is 0.535. The largest absolute Gasteiger partial charge is 0.434 e.